The second-order valence-electron chi connectivity index (χ2n) is 4.63. The highest BCUT2D eigenvalue weighted by Crippen LogP contribution is 2.25. The van der Waals surface area contributed by atoms with E-state index in [2.05, 4.69) is 27.1 Å². The van der Waals surface area contributed by atoms with E-state index in [0.717, 1.165) is 22.9 Å². The fourth-order valence-corrected chi connectivity index (χ4v) is 3.04. The number of rotatable bonds is 2. The monoisotopic (exact) mass is 304 g/mol. The largest absolute Gasteiger partial charge is 0.287 e. The Morgan fingerprint density at radius 2 is 2.11 bits per heavy atom. The molecule has 0 fully saturated rings. The van der Waals surface area contributed by atoms with Crippen LogP contribution in [0.3, 0.4) is 0 Å². The summed E-state index contributed by atoms with van der Waals surface area (Å²) in [6.45, 7) is 0. The summed E-state index contributed by atoms with van der Waals surface area (Å²) in [4.78, 5) is 12.5. The van der Waals surface area contributed by atoms with Crippen molar-refractivity contribution in [2.24, 2.45) is 7.05 Å². The van der Waals surface area contributed by atoms with Crippen molar-refractivity contribution in [2.45, 2.75) is 19.3 Å². The smallest absolute Gasteiger partial charge is 0.212 e. The zero-order valence-electron chi connectivity index (χ0n) is 10.1. The highest BCUT2D eigenvalue weighted by molar-refractivity contribution is 9.10. The van der Waals surface area contributed by atoms with Gasteiger partial charge < -0.3 is 0 Å². The number of aromatic nitrogens is 2. The highest BCUT2D eigenvalue weighted by Gasteiger charge is 2.19. The summed E-state index contributed by atoms with van der Waals surface area (Å²) in [6, 6.07) is 6.04. The van der Waals surface area contributed by atoms with Crippen molar-refractivity contribution in [2.75, 3.05) is 0 Å². The summed E-state index contributed by atoms with van der Waals surface area (Å²) in [5.41, 5.74) is 4.06. The van der Waals surface area contributed by atoms with Crippen molar-refractivity contribution in [3.05, 3.63) is 51.3 Å². The van der Waals surface area contributed by atoms with Gasteiger partial charge in [-0.05, 0) is 52.4 Å². The van der Waals surface area contributed by atoms with E-state index < -0.39 is 0 Å². The van der Waals surface area contributed by atoms with Crippen molar-refractivity contribution in [1.82, 2.24) is 9.78 Å². The van der Waals surface area contributed by atoms with Gasteiger partial charge in [-0.2, -0.15) is 5.10 Å². The number of halogens is 1. The predicted octanol–water partition coefficient (Wildman–Crippen LogP) is 2.90. The summed E-state index contributed by atoms with van der Waals surface area (Å²) in [5.74, 6) is 0.0246. The molecule has 18 heavy (non-hydrogen) atoms. The number of aryl methyl sites for hydroxylation is 3. The molecule has 2 aromatic rings. The van der Waals surface area contributed by atoms with E-state index in [4.69, 9.17) is 0 Å². The Kier molecular flexibility index (Phi) is 2.82. The summed E-state index contributed by atoms with van der Waals surface area (Å²) < 4.78 is 2.36. The third kappa shape index (κ3) is 1.81. The number of hydrogen-bond acceptors (Lipinski definition) is 2. The lowest BCUT2D eigenvalue weighted by Crippen LogP contribution is -2.09. The minimum atomic E-state index is 0.0246. The third-order valence-corrected chi connectivity index (χ3v) is 4.05. The molecule has 0 bridgehead atoms. The van der Waals surface area contributed by atoms with Crippen molar-refractivity contribution in [3.63, 3.8) is 0 Å². The molecule has 0 radical (unpaired) electrons. The van der Waals surface area contributed by atoms with Gasteiger partial charge in [0.15, 0.2) is 0 Å². The molecule has 3 rings (SSSR count). The first-order valence-electron chi connectivity index (χ1n) is 6.01. The van der Waals surface area contributed by atoms with Gasteiger partial charge in [0.1, 0.15) is 5.69 Å². The maximum absolute atomic E-state index is 12.5. The third-order valence-electron chi connectivity index (χ3n) is 3.47. The van der Waals surface area contributed by atoms with Crippen LogP contribution in [0.2, 0.25) is 0 Å². The predicted molar refractivity (Wildman–Crippen MR) is 72.8 cm³/mol. The normalized spacial score (nSPS) is 13.7. The van der Waals surface area contributed by atoms with E-state index >= 15 is 0 Å². The quantitative estimate of drug-likeness (QED) is 0.800. The Labute approximate surface area is 114 Å². The Morgan fingerprint density at radius 3 is 2.83 bits per heavy atom. The number of carbonyl (C=O) groups is 1. The summed E-state index contributed by atoms with van der Waals surface area (Å²) in [6.07, 6.45) is 5.07. The molecule has 0 amide bonds. The standard InChI is InChI=1S/C14H13BrN2O/c1-17-13(12(15)8-16-17)14(18)11-6-5-9-3-2-4-10(9)7-11/h5-8H,2-4H2,1H3. The van der Waals surface area contributed by atoms with Gasteiger partial charge in [0.05, 0.1) is 10.7 Å². The average Bonchev–Trinajstić information content (AvgIpc) is 2.94. The van der Waals surface area contributed by atoms with Crippen LogP contribution in [-0.4, -0.2) is 15.6 Å². The molecule has 1 aliphatic rings. The van der Waals surface area contributed by atoms with Crippen LogP contribution in [0.1, 0.15) is 33.6 Å². The molecule has 1 aromatic carbocycles. The van der Waals surface area contributed by atoms with E-state index in [1.807, 2.05) is 12.1 Å². The molecule has 0 unspecified atom stereocenters. The summed E-state index contributed by atoms with van der Waals surface area (Å²) >= 11 is 3.37. The fraction of sp³-hybridized carbons (Fsp3) is 0.286. The van der Waals surface area contributed by atoms with Crippen LogP contribution in [0, 0.1) is 0 Å². The van der Waals surface area contributed by atoms with Gasteiger partial charge >= 0.3 is 0 Å². The molecule has 3 nitrogen and oxygen atoms in total. The van der Waals surface area contributed by atoms with Gasteiger partial charge in [-0.1, -0.05) is 12.1 Å². The zero-order chi connectivity index (χ0) is 12.7. The number of ketones is 1. The van der Waals surface area contributed by atoms with Crippen molar-refractivity contribution in [3.8, 4) is 0 Å². The number of carbonyl (C=O) groups excluding carboxylic acids is 1. The van der Waals surface area contributed by atoms with Gasteiger partial charge in [0, 0.05) is 12.6 Å². The molecule has 1 heterocycles. The van der Waals surface area contributed by atoms with Crippen LogP contribution in [0.15, 0.2) is 28.9 Å². The topological polar surface area (TPSA) is 34.9 Å². The first kappa shape index (κ1) is 11.7. The van der Waals surface area contributed by atoms with Crippen molar-refractivity contribution >= 4 is 21.7 Å². The minimum absolute atomic E-state index is 0.0246. The average molecular weight is 305 g/mol. The van der Waals surface area contributed by atoms with Gasteiger partial charge in [-0.25, -0.2) is 0 Å². The summed E-state index contributed by atoms with van der Waals surface area (Å²) in [5, 5.41) is 4.08. The van der Waals surface area contributed by atoms with Crippen molar-refractivity contribution < 1.29 is 4.79 Å². The lowest BCUT2D eigenvalue weighted by Gasteiger charge is -2.05. The first-order chi connectivity index (χ1) is 8.66. The molecule has 4 heteroatoms. The van der Waals surface area contributed by atoms with Gasteiger partial charge in [-0.15, -0.1) is 0 Å². The molecular formula is C14H13BrN2O. The Bertz CT molecular complexity index is 611. The highest BCUT2D eigenvalue weighted by atomic mass is 79.9. The molecular weight excluding hydrogens is 292 g/mol. The molecule has 1 aromatic heterocycles. The van der Waals surface area contributed by atoms with E-state index in [0.29, 0.717) is 5.69 Å². The lowest BCUT2D eigenvalue weighted by atomic mass is 10.0. The number of benzene rings is 1. The molecule has 0 spiro atoms. The maximum Gasteiger partial charge on any atom is 0.212 e. The molecule has 1 aliphatic carbocycles. The van der Waals surface area contributed by atoms with Crippen LogP contribution >= 0.6 is 15.9 Å². The van der Waals surface area contributed by atoms with E-state index in [-0.39, 0.29) is 5.78 Å². The molecule has 0 saturated carbocycles. The van der Waals surface area contributed by atoms with E-state index in [1.165, 1.54) is 17.5 Å². The van der Waals surface area contributed by atoms with Gasteiger partial charge in [0.25, 0.3) is 0 Å². The molecule has 0 saturated heterocycles. The maximum atomic E-state index is 12.5. The number of hydrogen-bond donors (Lipinski definition) is 0. The van der Waals surface area contributed by atoms with Crippen LogP contribution in [0.5, 0.6) is 0 Å². The van der Waals surface area contributed by atoms with Crippen LogP contribution in [0.4, 0.5) is 0 Å². The Hall–Kier alpha value is -1.42. The van der Waals surface area contributed by atoms with E-state index in [9.17, 15) is 4.79 Å². The van der Waals surface area contributed by atoms with Crippen LogP contribution in [-0.2, 0) is 19.9 Å². The Morgan fingerprint density at radius 1 is 1.33 bits per heavy atom. The van der Waals surface area contributed by atoms with Gasteiger partial charge in [0.2, 0.25) is 5.78 Å². The SMILES string of the molecule is Cn1ncc(Br)c1C(=O)c1ccc2c(c1)CCC2. The lowest BCUT2D eigenvalue weighted by molar-refractivity contribution is 0.102. The first-order valence-corrected chi connectivity index (χ1v) is 6.80. The Balaban J connectivity index is 2.03. The van der Waals surface area contributed by atoms with Crippen LogP contribution < -0.4 is 0 Å². The van der Waals surface area contributed by atoms with Crippen LogP contribution in [0.25, 0.3) is 0 Å². The number of nitrogens with zero attached hydrogens (tertiary/aromatic N) is 2. The number of fused-ring (bicyclic) bond motifs is 1. The fourth-order valence-electron chi connectivity index (χ4n) is 2.52. The second kappa shape index (κ2) is 4.35. The minimum Gasteiger partial charge on any atom is -0.287 e. The molecule has 92 valence electrons. The summed E-state index contributed by atoms with van der Waals surface area (Å²) in [7, 11) is 1.78. The van der Waals surface area contributed by atoms with E-state index in [1.54, 1.807) is 17.9 Å². The van der Waals surface area contributed by atoms with Crippen molar-refractivity contribution in [1.29, 1.82) is 0 Å². The molecule has 0 N–H and O–H groups in total. The zero-order valence-corrected chi connectivity index (χ0v) is 11.7. The molecule has 0 aliphatic heterocycles. The van der Waals surface area contributed by atoms with Gasteiger partial charge in [-0.3, -0.25) is 9.48 Å². The molecule has 0 atom stereocenters. The second-order valence-corrected chi connectivity index (χ2v) is 5.49.